The van der Waals surface area contributed by atoms with Gasteiger partial charge < -0.3 is 10.1 Å². The summed E-state index contributed by atoms with van der Waals surface area (Å²) in [6.07, 6.45) is 6.77. The average molecular weight is 399 g/mol. The van der Waals surface area contributed by atoms with Crippen LogP contribution in [0.2, 0.25) is 10.0 Å². The lowest BCUT2D eigenvalue weighted by molar-refractivity contribution is 0.102. The highest BCUT2D eigenvalue weighted by Gasteiger charge is 2.16. The van der Waals surface area contributed by atoms with E-state index >= 15 is 0 Å². The zero-order valence-corrected chi connectivity index (χ0v) is 16.6. The molecule has 1 heterocycles. The van der Waals surface area contributed by atoms with E-state index in [1.807, 2.05) is 12.3 Å². The third-order valence-corrected chi connectivity index (χ3v) is 5.07. The molecule has 0 aliphatic heterocycles. The highest BCUT2D eigenvalue weighted by molar-refractivity contribution is 7.98. The first-order valence-corrected chi connectivity index (χ1v) is 9.93. The lowest BCUT2D eigenvalue weighted by atomic mass is 10.1. The number of nitrogens with one attached hydrogen (secondary N) is 1. The van der Waals surface area contributed by atoms with Gasteiger partial charge in [-0.3, -0.25) is 9.78 Å². The zero-order chi connectivity index (χ0) is 18.4. The van der Waals surface area contributed by atoms with Crippen molar-refractivity contribution in [2.45, 2.75) is 37.7 Å². The second-order valence-electron chi connectivity index (χ2n) is 5.35. The summed E-state index contributed by atoms with van der Waals surface area (Å²) in [6.45, 7) is 4.16. The maximum atomic E-state index is 12.6. The van der Waals surface area contributed by atoms with Crippen LogP contribution >= 0.6 is 35.0 Å². The number of ether oxygens (including phenoxy) is 1. The molecule has 0 aliphatic carbocycles. The molecule has 1 aromatic carbocycles. The van der Waals surface area contributed by atoms with Gasteiger partial charge in [0.1, 0.15) is 5.75 Å². The molecule has 0 bridgehead atoms. The van der Waals surface area contributed by atoms with Gasteiger partial charge in [-0.1, -0.05) is 37.0 Å². The van der Waals surface area contributed by atoms with Crippen molar-refractivity contribution >= 4 is 46.6 Å². The van der Waals surface area contributed by atoms with Crippen LogP contribution in [-0.2, 0) is 0 Å². The molecule has 134 valence electrons. The maximum absolute atomic E-state index is 12.6. The van der Waals surface area contributed by atoms with Crippen LogP contribution in [0.15, 0.2) is 35.5 Å². The predicted molar refractivity (Wildman–Crippen MR) is 105 cm³/mol. The largest absolute Gasteiger partial charge is 0.489 e. The van der Waals surface area contributed by atoms with Crippen LogP contribution in [0.1, 0.15) is 37.0 Å². The van der Waals surface area contributed by atoms with Gasteiger partial charge in [-0.05, 0) is 37.3 Å². The Labute approximate surface area is 162 Å². The quantitative estimate of drug-likeness (QED) is 0.587. The number of carbonyl (C=O) groups is 1. The van der Waals surface area contributed by atoms with Crippen molar-refractivity contribution in [3.63, 3.8) is 0 Å². The molecular formula is C18H20Cl2N2O2S. The fraction of sp³-hybridized carbons (Fsp3) is 0.333. The number of thioether (sulfide) groups is 1. The molecule has 0 fully saturated rings. The number of hydrogen-bond acceptors (Lipinski definition) is 4. The van der Waals surface area contributed by atoms with E-state index in [1.54, 1.807) is 23.9 Å². The molecule has 0 radical (unpaired) electrons. The normalized spacial score (nSPS) is 10.8. The standard InChI is InChI=1S/C18H20Cl2N2O2S/c1-4-12(5-2)24-15-8-11(6-7-16(15)25-3)18(23)22-17-13(19)9-21-10-14(17)20/h6-10,12H,4-5H2,1-3H3,(H,21,22,23). The van der Waals surface area contributed by atoms with Crippen LogP contribution in [0.4, 0.5) is 5.69 Å². The molecule has 0 saturated heterocycles. The minimum Gasteiger partial charge on any atom is -0.489 e. The number of benzene rings is 1. The minimum atomic E-state index is -0.308. The predicted octanol–water partition coefficient (Wildman–Crippen LogP) is 5.93. The van der Waals surface area contributed by atoms with Crippen LogP contribution in [0, 0.1) is 0 Å². The van der Waals surface area contributed by atoms with Crippen molar-refractivity contribution in [1.82, 2.24) is 4.98 Å². The number of anilines is 1. The first kappa shape index (κ1) is 19.9. The summed E-state index contributed by atoms with van der Waals surface area (Å²) < 4.78 is 6.06. The fourth-order valence-electron chi connectivity index (χ4n) is 2.26. The summed E-state index contributed by atoms with van der Waals surface area (Å²) in [6, 6.07) is 5.39. The Kier molecular flexibility index (Phi) is 7.41. The van der Waals surface area contributed by atoms with Crippen molar-refractivity contribution in [2.75, 3.05) is 11.6 Å². The Balaban J connectivity index is 2.28. The third-order valence-electron chi connectivity index (χ3n) is 3.72. The lowest BCUT2D eigenvalue weighted by Crippen LogP contribution is -2.16. The van der Waals surface area contributed by atoms with E-state index in [0.717, 1.165) is 17.7 Å². The van der Waals surface area contributed by atoms with Gasteiger partial charge in [0.15, 0.2) is 0 Å². The van der Waals surface area contributed by atoms with Crippen LogP contribution in [0.25, 0.3) is 0 Å². The number of carbonyl (C=O) groups excluding carboxylic acids is 1. The molecule has 0 unspecified atom stereocenters. The first-order chi connectivity index (χ1) is 12.0. The molecule has 1 amide bonds. The van der Waals surface area contributed by atoms with Gasteiger partial charge in [-0.15, -0.1) is 11.8 Å². The van der Waals surface area contributed by atoms with Crippen LogP contribution in [0.3, 0.4) is 0 Å². The van der Waals surface area contributed by atoms with Crippen molar-refractivity contribution in [1.29, 1.82) is 0 Å². The van der Waals surface area contributed by atoms with E-state index in [0.29, 0.717) is 17.0 Å². The summed E-state index contributed by atoms with van der Waals surface area (Å²) >= 11 is 13.7. The Morgan fingerprint density at radius 3 is 2.44 bits per heavy atom. The number of nitrogens with zero attached hydrogens (tertiary/aromatic N) is 1. The van der Waals surface area contributed by atoms with Crippen molar-refractivity contribution in [2.24, 2.45) is 0 Å². The van der Waals surface area contributed by atoms with Gasteiger partial charge in [-0.2, -0.15) is 0 Å². The SMILES string of the molecule is CCC(CC)Oc1cc(C(=O)Nc2c(Cl)cncc2Cl)ccc1SC. The summed E-state index contributed by atoms with van der Waals surface area (Å²) in [5.41, 5.74) is 0.822. The fourth-order valence-corrected chi connectivity index (χ4v) is 3.23. The van der Waals surface area contributed by atoms with Gasteiger partial charge in [0.25, 0.3) is 5.91 Å². The molecule has 7 heteroatoms. The molecule has 0 atom stereocenters. The number of halogens is 2. The highest BCUT2D eigenvalue weighted by Crippen LogP contribution is 2.32. The maximum Gasteiger partial charge on any atom is 0.255 e. The molecule has 0 spiro atoms. The van der Waals surface area contributed by atoms with E-state index in [-0.39, 0.29) is 22.1 Å². The average Bonchev–Trinajstić information content (AvgIpc) is 2.62. The van der Waals surface area contributed by atoms with Crippen molar-refractivity contribution < 1.29 is 9.53 Å². The number of hydrogen-bond donors (Lipinski definition) is 1. The van der Waals surface area contributed by atoms with E-state index in [2.05, 4.69) is 24.1 Å². The summed E-state index contributed by atoms with van der Waals surface area (Å²) in [5.74, 6) is 0.401. The second kappa shape index (κ2) is 9.32. The molecule has 1 N–H and O–H groups in total. The Bertz CT molecular complexity index is 732. The number of amides is 1. The van der Waals surface area contributed by atoms with Gasteiger partial charge in [0.2, 0.25) is 0 Å². The summed E-state index contributed by atoms with van der Waals surface area (Å²) in [5, 5.41) is 3.31. The van der Waals surface area contributed by atoms with E-state index < -0.39 is 0 Å². The number of rotatable bonds is 7. The summed E-state index contributed by atoms with van der Waals surface area (Å²) in [4.78, 5) is 17.4. The first-order valence-electron chi connectivity index (χ1n) is 7.95. The minimum absolute atomic E-state index is 0.119. The highest BCUT2D eigenvalue weighted by atomic mass is 35.5. The number of pyridine rings is 1. The smallest absolute Gasteiger partial charge is 0.255 e. The molecule has 2 aromatic rings. The Morgan fingerprint density at radius 2 is 1.88 bits per heavy atom. The van der Waals surface area contributed by atoms with Crippen LogP contribution in [0.5, 0.6) is 5.75 Å². The molecule has 25 heavy (non-hydrogen) atoms. The lowest BCUT2D eigenvalue weighted by Gasteiger charge is -2.18. The van der Waals surface area contributed by atoms with Gasteiger partial charge in [0, 0.05) is 22.9 Å². The molecule has 2 rings (SSSR count). The molecule has 0 aliphatic rings. The molecule has 4 nitrogen and oxygen atoms in total. The third kappa shape index (κ3) is 5.03. The van der Waals surface area contributed by atoms with Crippen LogP contribution < -0.4 is 10.1 Å². The van der Waals surface area contributed by atoms with Crippen molar-refractivity contribution in [3.05, 3.63) is 46.2 Å². The summed E-state index contributed by atoms with van der Waals surface area (Å²) in [7, 11) is 0. The van der Waals surface area contributed by atoms with E-state index in [4.69, 9.17) is 27.9 Å². The molecule has 1 aromatic heterocycles. The molecule has 0 saturated carbocycles. The Morgan fingerprint density at radius 1 is 1.24 bits per heavy atom. The van der Waals surface area contributed by atoms with Crippen molar-refractivity contribution in [3.8, 4) is 5.75 Å². The topological polar surface area (TPSA) is 51.2 Å². The zero-order valence-electron chi connectivity index (χ0n) is 14.3. The van der Waals surface area contributed by atoms with Gasteiger partial charge in [-0.25, -0.2) is 0 Å². The monoisotopic (exact) mass is 398 g/mol. The Hall–Kier alpha value is -1.43. The number of aromatic nitrogens is 1. The van der Waals surface area contributed by atoms with E-state index in [9.17, 15) is 4.79 Å². The van der Waals surface area contributed by atoms with Gasteiger partial charge in [0.05, 0.1) is 21.8 Å². The second-order valence-corrected chi connectivity index (χ2v) is 7.02. The van der Waals surface area contributed by atoms with E-state index in [1.165, 1.54) is 12.4 Å². The van der Waals surface area contributed by atoms with Gasteiger partial charge >= 0.3 is 0 Å². The van der Waals surface area contributed by atoms with Crippen LogP contribution in [-0.4, -0.2) is 23.3 Å². The molecular weight excluding hydrogens is 379 g/mol.